The normalized spacial score (nSPS) is 9.79. The van der Waals surface area contributed by atoms with E-state index in [1.165, 1.54) is 83.5 Å². The van der Waals surface area contributed by atoms with Crippen molar-refractivity contribution < 1.29 is 49.0 Å². The van der Waals surface area contributed by atoms with Crippen LogP contribution < -0.4 is 15.3 Å². The van der Waals surface area contributed by atoms with Crippen LogP contribution in [-0.2, 0) is 33.7 Å². The Morgan fingerprint density at radius 1 is 0.619 bits per heavy atom. The molecule has 0 amide bonds. The van der Waals surface area contributed by atoms with Gasteiger partial charge in [-0.15, -0.1) is 0 Å². The van der Waals surface area contributed by atoms with Crippen LogP contribution in [0.4, 0.5) is 0 Å². The Hall–Kier alpha value is -1.93. The van der Waals surface area contributed by atoms with Gasteiger partial charge in [-0.25, -0.2) is 4.79 Å². The number of aliphatic carboxylic acids is 3. The zero-order valence-corrected chi connectivity index (χ0v) is 28.3. The molecule has 0 aromatic rings. The molecule has 0 heterocycles. The number of rotatable bonds is 22. The molecule has 10 nitrogen and oxygen atoms in total. The molecule has 0 atom stereocenters. The molecule has 0 saturated carbocycles. The Morgan fingerprint density at radius 2 is 0.976 bits per heavy atom. The summed E-state index contributed by atoms with van der Waals surface area (Å²) < 4.78 is 5.57. The number of allylic oxidation sites excluding steroid dienone is 2. The van der Waals surface area contributed by atoms with Crippen molar-refractivity contribution in [2.75, 3.05) is 13.2 Å². The summed E-state index contributed by atoms with van der Waals surface area (Å²) >= 11 is 0. The third-order valence-corrected chi connectivity index (χ3v) is 4.80. The first kappa shape index (κ1) is 49.7. The van der Waals surface area contributed by atoms with Gasteiger partial charge in [0.1, 0.15) is 0 Å². The Bertz CT molecular complexity index is 584. The van der Waals surface area contributed by atoms with E-state index in [0.717, 1.165) is 33.8 Å². The molecular weight excluding hydrogens is 559 g/mol. The molecule has 0 unspecified atom stereocenters. The molecular formula is C31H57AlO10. The minimum atomic E-state index is -1.08. The maximum Gasteiger partial charge on any atom is 3.00 e. The summed E-state index contributed by atoms with van der Waals surface area (Å²) in [5, 5.41) is 26.7. The summed E-state index contributed by atoms with van der Waals surface area (Å²) in [5.41, 5.74) is 0. The second-order valence-corrected chi connectivity index (χ2v) is 9.73. The van der Waals surface area contributed by atoms with E-state index in [4.69, 9.17) is 39.3 Å². The van der Waals surface area contributed by atoms with Crippen LogP contribution in [0.2, 0.25) is 0 Å². The van der Waals surface area contributed by atoms with Crippen molar-refractivity contribution in [3.05, 3.63) is 12.2 Å². The van der Waals surface area contributed by atoms with Crippen molar-refractivity contribution in [3.63, 3.8) is 0 Å². The number of carboxylic acid groups (broad SMARTS) is 3. The minimum Gasteiger partial charge on any atom is -0.550 e. The van der Waals surface area contributed by atoms with Gasteiger partial charge in [-0.2, -0.15) is 4.89 Å². The average Bonchev–Trinajstić information content (AvgIpc) is 2.85. The van der Waals surface area contributed by atoms with Gasteiger partial charge in [-0.05, 0) is 73.1 Å². The van der Waals surface area contributed by atoms with Gasteiger partial charge in [0.15, 0.2) is 0 Å². The number of carbonyl (C=O) groups excluding carboxylic acids is 4. The molecule has 0 aliphatic heterocycles. The molecule has 0 rings (SSSR count). The number of hydrogen-bond donors (Lipinski definition) is 0. The van der Waals surface area contributed by atoms with Gasteiger partial charge in [-0.1, -0.05) is 76.9 Å². The predicted octanol–water partition coefficient (Wildman–Crippen LogP) is 3.59. The molecule has 0 N–H and O–H groups in total. The average molecular weight is 617 g/mol. The number of carbonyl (C=O) groups is 4. The van der Waals surface area contributed by atoms with Crippen LogP contribution in [0.3, 0.4) is 0 Å². The predicted molar refractivity (Wildman–Crippen MR) is 160 cm³/mol. The second-order valence-electron chi connectivity index (χ2n) is 9.73. The zero-order valence-electron chi connectivity index (χ0n) is 27.1. The van der Waals surface area contributed by atoms with E-state index in [1.807, 2.05) is 13.8 Å². The van der Waals surface area contributed by atoms with E-state index in [-0.39, 0.29) is 29.4 Å². The van der Waals surface area contributed by atoms with Crippen molar-refractivity contribution in [1.29, 1.82) is 0 Å². The number of hydrogen-bond acceptors (Lipinski definition) is 10. The zero-order chi connectivity index (χ0) is 32.2. The molecule has 0 aromatic carbocycles. The summed E-state index contributed by atoms with van der Waals surface area (Å²) in [7, 11) is 0. The van der Waals surface area contributed by atoms with Crippen LogP contribution in [0, 0.1) is 0 Å². The van der Waals surface area contributed by atoms with Gasteiger partial charge < -0.3 is 34.4 Å². The Kier molecular flexibility index (Phi) is 51.5. The maximum absolute atomic E-state index is 11.3. The Labute approximate surface area is 265 Å². The molecule has 0 aromatic heterocycles. The Balaban J connectivity index is -0.000000295. The summed E-state index contributed by atoms with van der Waals surface area (Å²) in [6, 6.07) is 0. The molecule has 0 saturated heterocycles. The third-order valence-electron chi connectivity index (χ3n) is 4.80. The fourth-order valence-corrected chi connectivity index (χ4v) is 3.06. The van der Waals surface area contributed by atoms with Gasteiger partial charge in [0.05, 0.1) is 12.5 Å². The van der Waals surface area contributed by atoms with Crippen molar-refractivity contribution in [1.82, 2.24) is 0 Å². The first-order valence-corrected chi connectivity index (χ1v) is 15.0. The quantitative estimate of drug-likeness (QED) is 0.0577. The first-order chi connectivity index (χ1) is 19.4. The molecule has 244 valence electrons. The Morgan fingerprint density at radius 3 is 1.38 bits per heavy atom. The smallest absolute Gasteiger partial charge is 0.550 e. The van der Waals surface area contributed by atoms with E-state index in [2.05, 4.69) is 24.0 Å². The topological polar surface area (TPSA) is 165 Å². The first-order valence-electron chi connectivity index (χ1n) is 15.0. The van der Waals surface area contributed by atoms with E-state index in [1.54, 1.807) is 0 Å². The van der Waals surface area contributed by atoms with Crippen molar-refractivity contribution in [2.45, 2.75) is 150 Å². The van der Waals surface area contributed by atoms with Crippen molar-refractivity contribution in [3.8, 4) is 0 Å². The second kappa shape index (κ2) is 43.5. The van der Waals surface area contributed by atoms with Crippen LogP contribution in [-0.4, -0.2) is 60.6 Å². The van der Waals surface area contributed by atoms with Crippen LogP contribution in [0.1, 0.15) is 144 Å². The molecule has 0 fully saturated rings. The standard InChI is InChI=1S/C25H48O4.3C2H4O2.Al/c1-4-5-6-7-8-9-10-11-12-13-14-15-16-17-18-19-22-27-23-20-21-25(26)29-28-24(2)3;3*1-2(3)4;/h11-12,24H,4-10,13-23H2,1-3H3;3*1H3,(H,3,4);/q;;;;+3/p-3/b12-11-;;;;. The van der Waals surface area contributed by atoms with E-state index >= 15 is 0 Å². The van der Waals surface area contributed by atoms with Crippen LogP contribution in [0.5, 0.6) is 0 Å². The molecule has 0 aliphatic carbocycles. The summed E-state index contributed by atoms with van der Waals surface area (Å²) in [6.45, 7) is 10.2. The van der Waals surface area contributed by atoms with Gasteiger partial charge in [0, 0.05) is 31.1 Å². The maximum atomic E-state index is 11.3. The van der Waals surface area contributed by atoms with Crippen LogP contribution in [0.15, 0.2) is 12.2 Å². The summed E-state index contributed by atoms with van der Waals surface area (Å²) in [5.74, 6) is -3.57. The van der Waals surface area contributed by atoms with Crippen LogP contribution >= 0.6 is 0 Å². The third kappa shape index (κ3) is 83.2. The fourth-order valence-electron chi connectivity index (χ4n) is 3.06. The molecule has 42 heavy (non-hydrogen) atoms. The van der Waals surface area contributed by atoms with Gasteiger partial charge in [0.2, 0.25) is 0 Å². The molecule has 0 radical (unpaired) electrons. The van der Waals surface area contributed by atoms with Gasteiger partial charge >= 0.3 is 23.3 Å². The summed E-state index contributed by atoms with van der Waals surface area (Å²) in [4.78, 5) is 47.4. The monoisotopic (exact) mass is 616 g/mol. The van der Waals surface area contributed by atoms with Crippen LogP contribution in [0.25, 0.3) is 0 Å². The molecule has 0 aliphatic rings. The van der Waals surface area contributed by atoms with E-state index < -0.39 is 17.9 Å². The molecule has 0 spiro atoms. The van der Waals surface area contributed by atoms with E-state index in [9.17, 15) is 4.79 Å². The number of ether oxygens (including phenoxy) is 1. The SMILES string of the molecule is CC(=O)[O-].CC(=O)[O-].CC(=O)[O-].CCCCCCCC/C=C\CCCCCCCCOCCCC(=O)OOC(C)C.[Al+3]. The molecule has 0 bridgehead atoms. The fraction of sp³-hybridized carbons (Fsp3) is 0.806. The van der Waals surface area contributed by atoms with E-state index in [0.29, 0.717) is 19.4 Å². The van der Waals surface area contributed by atoms with Gasteiger partial charge in [0.25, 0.3) is 0 Å². The number of carboxylic acids is 3. The largest absolute Gasteiger partial charge is 3.00 e. The summed E-state index contributed by atoms with van der Waals surface area (Å²) in [6.07, 6.45) is 24.1. The van der Waals surface area contributed by atoms with Crippen molar-refractivity contribution >= 4 is 41.2 Å². The van der Waals surface area contributed by atoms with Gasteiger partial charge in [-0.3, -0.25) is 4.89 Å². The minimum absolute atomic E-state index is 0. The molecule has 11 heteroatoms. The van der Waals surface area contributed by atoms with Crippen molar-refractivity contribution in [2.24, 2.45) is 0 Å². The number of unbranched alkanes of at least 4 members (excludes halogenated alkanes) is 12.